The fourth-order valence-corrected chi connectivity index (χ4v) is 1.12. The minimum Gasteiger partial charge on any atom is -0.375 e. The van der Waals surface area contributed by atoms with Gasteiger partial charge in [0.25, 0.3) is 5.92 Å². The molecule has 2 nitrogen and oxygen atoms in total. The molecule has 0 unspecified atom stereocenters. The van der Waals surface area contributed by atoms with Crippen LogP contribution in [0.5, 0.6) is 0 Å². The van der Waals surface area contributed by atoms with Crippen LogP contribution in [0.1, 0.15) is 26.7 Å². The van der Waals surface area contributed by atoms with Crippen LogP contribution >= 0.6 is 0 Å². The molecule has 14 heavy (non-hydrogen) atoms. The summed E-state index contributed by atoms with van der Waals surface area (Å²) in [4.78, 5) is 0. The molecule has 0 saturated heterocycles. The zero-order valence-corrected chi connectivity index (χ0v) is 9.28. The summed E-state index contributed by atoms with van der Waals surface area (Å²) in [6.45, 7) is 3.84. The lowest BCUT2D eigenvalue weighted by Gasteiger charge is -2.15. The zero-order chi connectivity index (χ0) is 11.0. The van der Waals surface area contributed by atoms with E-state index in [1.165, 1.54) is 7.05 Å². The standard InChI is InChI=1S/C10H21F2NO/c1-9(2)5-4-6-14-8-10(11,12)7-13-3/h9,13H,4-8H2,1-3H3. The van der Waals surface area contributed by atoms with E-state index in [1.54, 1.807) is 0 Å². The van der Waals surface area contributed by atoms with Crippen LogP contribution in [-0.4, -0.2) is 32.7 Å². The summed E-state index contributed by atoms with van der Waals surface area (Å²) < 4.78 is 30.6. The Kier molecular flexibility index (Phi) is 7.01. The van der Waals surface area contributed by atoms with Gasteiger partial charge < -0.3 is 10.1 Å². The van der Waals surface area contributed by atoms with E-state index in [4.69, 9.17) is 4.74 Å². The van der Waals surface area contributed by atoms with Gasteiger partial charge in [0.1, 0.15) is 6.61 Å². The molecule has 0 saturated carbocycles. The fourth-order valence-electron chi connectivity index (χ4n) is 1.12. The van der Waals surface area contributed by atoms with Crippen LogP contribution in [0.2, 0.25) is 0 Å². The first kappa shape index (κ1) is 13.8. The van der Waals surface area contributed by atoms with Crippen molar-refractivity contribution in [3.05, 3.63) is 0 Å². The van der Waals surface area contributed by atoms with Crippen molar-refractivity contribution in [2.24, 2.45) is 5.92 Å². The number of hydrogen-bond acceptors (Lipinski definition) is 2. The van der Waals surface area contributed by atoms with Crippen molar-refractivity contribution < 1.29 is 13.5 Å². The topological polar surface area (TPSA) is 21.3 Å². The molecule has 4 heteroatoms. The number of ether oxygens (including phenoxy) is 1. The Morgan fingerprint density at radius 2 is 2.00 bits per heavy atom. The van der Waals surface area contributed by atoms with Gasteiger partial charge in [-0.2, -0.15) is 0 Å². The average molecular weight is 209 g/mol. The van der Waals surface area contributed by atoms with Gasteiger partial charge in [-0.05, 0) is 25.8 Å². The van der Waals surface area contributed by atoms with Gasteiger partial charge in [0.2, 0.25) is 0 Å². The predicted octanol–water partition coefficient (Wildman–Crippen LogP) is 2.29. The van der Waals surface area contributed by atoms with Gasteiger partial charge in [-0.1, -0.05) is 13.8 Å². The van der Waals surface area contributed by atoms with Crippen molar-refractivity contribution in [3.8, 4) is 0 Å². The third-order valence-corrected chi connectivity index (χ3v) is 1.82. The first-order chi connectivity index (χ1) is 6.48. The van der Waals surface area contributed by atoms with Crippen molar-refractivity contribution in [1.29, 1.82) is 0 Å². The van der Waals surface area contributed by atoms with Crippen LogP contribution in [0.25, 0.3) is 0 Å². The molecule has 0 amide bonds. The number of hydrogen-bond donors (Lipinski definition) is 1. The number of halogens is 2. The van der Waals surface area contributed by atoms with E-state index in [2.05, 4.69) is 19.2 Å². The maximum Gasteiger partial charge on any atom is 0.283 e. The highest BCUT2D eigenvalue weighted by Crippen LogP contribution is 2.12. The monoisotopic (exact) mass is 209 g/mol. The van der Waals surface area contributed by atoms with Gasteiger partial charge in [-0.25, -0.2) is 8.78 Å². The lowest BCUT2D eigenvalue weighted by molar-refractivity contribution is -0.0743. The maximum absolute atomic E-state index is 12.8. The summed E-state index contributed by atoms with van der Waals surface area (Å²) >= 11 is 0. The Hall–Kier alpha value is -0.220. The van der Waals surface area contributed by atoms with Gasteiger partial charge in [-0.3, -0.25) is 0 Å². The van der Waals surface area contributed by atoms with Crippen LogP contribution < -0.4 is 5.32 Å². The smallest absolute Gasteiger partial charge is 0.283 e. The minimum absolute atomic E-state index is 0.322. The second-order valence-electron chi connectivity index (χ2n) is 3.97. The molecule has 0 aliphatic rings. The molecule has 0 rings (SSSR count). The highest BCUT2D eigenvalue weighted by Gasteiger charge is 2.27. The average Bonchev–Trinajstić information content (AvgIpc) is 2.02. The summed E-state index contributed by atoms with van der Waals surface area (Å²) in [5.74, 6) is -2.14. The molecular formula is C10H21F2NO. The van der Waals surface area contributed by atoms with Crippen LogP contribution in [0, 0.1) is 5.92 Å². The van der Waals surface area contributed by atoms with E-state index < -0.39 is 12.5 Å². The summed E-state index contributed by atoms with van der Waals surface area (Å²) in [6, 6.07) is 0. The van der Waals surface area contributed by atoms with Gasteiger partial charge in [0, 0.05) is 6.61 Å². The van der Waals surface area contributed by atoms with Crippen LogP contribution in [0.4, 0.5) is 8.78 Å². The third-order valence-electron chi connectivity index (χ3n) is 1.82. The summed E-state index contributed by atoms with van der Waals surface area (Å²) in [5.41, 5.74) is 0. The molecule has 0 aromatic rings. The first-order valence-corrected chi connectivity index (χ1v) is 5.08. The number of rotatable bonds is 8. The largest absolute Gasteiger partial charge is 0.375 e. The molecule has 0 spiro atoms. The minimum atomic E-state index is -2.74. The normalized spacial score (nSPS) is 12.4. The number of alkyl halides is 2. The highest BCUT2D eigenvalue weighted by atomic mass is 19.3. The molecule has 1 N–H and O–H groups in total. The quantitative estimate of drug-likeness (QED) is 0.619. The van der Waals surface area contributed by atoms with Crippen molar-refractivity contribution in [2.75, 3.05) is 26.8 Å². The van der Waals surface area contributed by atoms with Gasteiger partial charge in [0.15, 0.2) is 0 Å². The van der Waals surface area contributed by atoms with Gasteiger partial charge in [-0.15, -0.1) is 0 Å². The van der Waals surface area contributed by atoms with Crippen molar-refractivity contribution in [1.82, 2.24) is 5.32 Å². The second kappa shape index (κ2) is 7.12. The van der Waals surface area contributed by atoms with E-state index in [0.717, 1.165) is 12.8 Å². The maximum atomic E-state index is 12.8. The van der Waals surface area contributed by atoms with Crippen LogP contribution in [0.3, 0.4) is 0 Å². The lowest BCUT2D eigenvalue weighted by Crippen LogP contribution is -2.35. The molecule has 0 aromatic carbocycles. The lowest BCUT2D eigenvalue weighted by atomic mass is 10.1. The molecule has 0 bridgehead atoms. The Morgan fingerprint density at radius 1 is 1.36 bits per heavy atom. The second-order valence-corrected chi connectivity index (χ2v) is 3.97. The predicted molar refractivity (Wildman–Crippen MR) is 53.8 cm³/mol. The summed E-state index contributed by atoms with van der Waals surface area (Å²) in [7, 11) is 1.51. The van der Waals surface area contributed by atoms with Crippen molar-refractivity contribution in [2.45, 2.75) is 32.6 Å². The Balaban J connectivity index is 3.34. The Labute approximate surface area is 85.0 Å². The van der Waals surface area contributed by atoms with E-state index in [-0.39, 0.29) is 6.54 Å². The van der Waals surface area contributed by atoms with Crippen LogP contribution in [-0.2, 0) is 4.74 Å². The molecule has 0 fully saturated rings. The molecule has 0 aliphatic carbocycles. The van der Waals surface area contributed by atoms with Crippen LogP contribution in [0.15, 0.2) is 0 Å². The molecule has 0 aromatic heterocycles. The first-order valence-electron chi connectivity index (χ1n) is 5.08. The molecule has 0 aliphatic heterocycles. The third kappa shape index (κ3) is 8.38. The van der Waals surface area contributed by atoms with Gasteiger partial charge in [0.05, 0.1) is 6.54 Å². The molecule has 86 valence electrons. The Bertz CT molecular complexity index is 140. The molecule has 0 radical (unpaired) electrons. The Morgan fingerprint density at radius 3 is 2.50 bits per heavy atom. The fraction of sp³-hybridized carbons (Fsp3) is 1.00. The van der Waals surface area contributed by atoms with E-state index in [9.17, 15) is 8.78 Å². The van der Waals surface area contributed by atoms with Crippen molar-refractivity contribution in [3.63, 3.8) is 0 Å². The SMILES string of the molecule is CNCC(F)(F)COCCCC(C)C. The highest BCUT2D eigenvalue weighted by molar-refractivity contribution is 4.66. The van der Waals surface area contributed by atoms with E-state index in [0.29, 0.717) is 12.5 Å². The van der Waals surface area contributed by atoms with E-state index in [1.807, 2.05) is 0 Å². The number of nitrogens with one attached hydrogen (secondary N) is 1. The summed E-state index contributed by atoms with van der Waals surface area (Å²) in [5, 5.41) is 2.44. The van der Waals surface area contributed by atoms with Gasteiger partial charge >= 0.3 is 0 Å². The summed E-state index contributed by atoms with van der Waals surface area (Å²) in [6.07, 6.45) is 1.88. The van der Waals surface area contributed by atoms with Crippen molar-refractivity contribution >= 4 is 0 Å². The molecule has 0 atom stereocenters. The molecule has 0 heterocycles. The zero-order valence-electron chi connectivity index (χ0n) is 9.28. The van der Waals surface area contributed by atoms with E-state index >= 15 is 0 Å². The molecular weight excluding hydrogens is 188 g/mol.